The van der Waals surface area contributed by atoms with E-state index in [0.29, 0.717) is 5.05 Å². The fourth-order valence-electron chi connectivity index (χ4n) is 0.287. The quantitative estimate of drug-likeness (QED) is 0.567. The van der Waals surface area contributed by atoms with Gasteiger partial charge in [-0.2, -0.15) is 11.8 Å². The largest absolute Gasteiger partial charge is 0.490 e. The van der Waals surface area contributed by atoms with Gasteiger partial charge in [0.15, 0.2) is 5.05 Å². The topological polar surface area (TPSA) is 9.23 Å². The summed E-state index contributed by atoms with van der Waals surface area (Å²) < 4.78 is 4.77. The predicted molar refractivity (Wildman–Crippen MR) is 42.6 cm³/mol. The van der Waals surface area contributed by atoms with Gasteiger partial charge in [0.25, 0.3) is 0 Å². The predicted octanol–water partition coefficient (Wildman–Crippen LogP) is 1.71. The van der Waals surface area contributed by atoms with Crippen LogP contribution in [-0.2, 0) is 4.74 Å². The Morgan fingerprint density at radius 3 is 2.75 bits per heavy atom. The van der Waals surface area contributed by atoms with Gasteiger partial charge in [-0.15, -0.1) is 0 Å². The third-order valence-electron chi connectivity index (χ3n) is 0.738. The van der Waals surface area contributed by atoms with E-state index in [1.54, 1.807) is 18.9 Å². The van der Waals surface area contributed by atoms with Crippen molar-refractivity contribution >= 4 is 29.0 Å². The number of hydrogen-bond acceptors (Lipinski definition) is 3. The Bertz CT molecular complexity index is 72.8. The summed E-state index contributed by atoms with van der Waals surface area (Å²) in [6.07, 6.45) is 2.95. The molecule has 3 heteroatoms. The molecule has 0 saturated carbocycles. The molecule has 48 valence electrons. The summed E-state index contributed by atoms with van der Waals surface area (Å²) in [5, 5.41) is 0.708. The van der Waals surface area contributed by atoms with Crippen molar-refractivity contribution in [3.8, 4) is 0 Å². The van der Waals surface area contributed by atoms with E-state index in [-0.39, 0.29) is 0 Å². The van der Waals surface area contributed by atoms with Crippen molar-refractivity contribution in [2.24, 2.45) is 0 Å². The van der Waals surface area contributed by atoms with Gasteiger partial charge in [0.05, 0.1) is 7.11 Å². The molecule has 0 spiro atoms. The zero-order valence-electron chi connectivity index (χ0n) is 5.14. The van der Waals surface area contributed by atoms with E-state index in [0.717, 1.165) is 12.2 Å². The molecule has 0 rings (SSSR count). The van der Waals surface area contributed by atoms with E-state index in [4.69, 9.17) is 17.0 Å². The SMILES string of the molecule is COC(=S)CCSC. The van der Waals surface area contributed by atoms with Crippen LogP contribution in [0.15, 0.2) is 0 Å². The first kappa shape index (κ1) is 8.24. The van der Waals surface area contributed by atoms with E-state index in [9.17, 15) is 0 Å². The van der Waals surface area contributed by atoms with Gasteiger partial charge in [-0.25, -0.2) is 0 Å². The molecule has 8 heavy (non-hydrogen) atoms. The summed E-state index contributed by atoms with van der Waals surface area (Å²) in [5.41, 5.74) is 0. The molecular weight excluding hydrogens is 140 g/mol. The van der Waals surface area contributed by atoms with E-state index < -0.39 is 0 Å². The van der Waals surface area contributed by atoms with Crippen LogP contribution in [-0.4, -0.2) is 24.2 Å². The van der Waals surface area contributed by atoms with Crippen molar-refractivity contribution in [3.63, 3.8) is 0 Å². The fraction of sp³-hybridized carbons (Fsp3) is 0.800. The van der Waals surface area contributed by atoms with Crippen molar-refractivity contribution in [2.45, 2.75) is 6.42 Å². The lowest BCUT2D eigenvalue weighted by Crippen LogP contribution is -1.97. The molecule has 0 fully saturated rings. The maximum absolute atomic E-state index is 4.79. The van der Waals surface area contributed by atoms with E-state index in [1.807, 2.05) is 0 Å². The molecule has 0 amide bonds. The standard InChI is InChI=1S/C5H10OS2/c1-6-5(7)3-4-8-2/h3-4H2,1-2H3. The van der Waals surface area contributed by atoms with Crippen LogP contribution in [0.4, 0.5) is 0 Å². The van der Waals surface area contributed by atoms with Gasteiger partial charge >= 0.3 is 0 Å². The Morgan fingerprint density at radius 1 is 1.75 bits per heavy atom. The zero-order valence-corrected chi connectivity index (χ0v) is 6.77. The Hall–Kier alpha value is 0.240. The van der Waals surface area contributed by atoms with Gasteiger partial charge in [0.2, 0.25) is 0 Å². The van der Waals surface area contributed by atoms with Crippen LogP contribution in [0.2, 0.25) is 0 Å². The summed E-state index contributed by atoms with van der Waals surface area (Å²) in [6, 6.07) is 0. The Balaban J connectivity index is 2.99. The first-order valence-corrected chi connectivity index (χ1v) is 4.17. The summed E-state index contributed by atoms with van der Waals surface area (Å²) >= 11 is 6.56. The normalized spacial score (nSPS) is 8.75. The molecule has 0 aromatic rings. The van der Waals surface area contributed by atoms with Gasteiger partial charge < -0.3 is 4.74 Å². The smallest absolute Gasteiger partial charge is 0.160 e. The number of ether oxygens (including phenoxy) is 1. The number of rotatable bonds is 3. The average molecular weight is 150 g/mol. The molecule has 0 radical (unpaired) electrons. The lowest BCUT2D eigenvalue weighted by Gasteiger charge is -1.97. The van der Waals surface area contributed by atoms with E-state index in [1.165, 1.54) is 0 Å². The number of thiocarbonyl (C=S) groups is 1. The van der Waals surface area contributed by atoms with Gasteiger partial charge in [-0.3, -0.25) is 0 Å². The summed E-state index contributed by atoms with van der Waals surface area (Å²) in [5.74, 6) is 1.06. The lowest BCUT2D eigenvalue weighted by atomic mass is 10.5. The van der Waals surface area contributed by atoms with Crippen LogP contribution in [0.25, 0.3) is 0 Å². The number of methoxy groups -OCH3 is 1. The maximum atomic E-state index is 4.79. The molecule has 0 aromatic heterocycles. The van der Waals surface area contributed by atoms with Gasteiger partial charge in [0, 0.05) is 12.2 Å². The van der Waals surface area contributed by atoms with Crippen LogP contribution in [0.1, 0.15) is 6.42 Å². The van der Waals surface area contributed by atoms with Crippen LogP contribution in [0.3, 0.4) is 0 Å². The molecule has 0 heterocycles. The minimum atomic E-state index is 0.708. The molecular formula is C5H10OS2. The van der Waals surface area contributed by atoms with Crippen LogP contribution in [0.5, 0.6) is 0 Å². The lowest BCUT2D eigenvalue weighted by molar-refractivity contribution is 0.405. The van der Waals surface area contributed by atoms with Crippen molar-refractivity contribution in [3.05, 3.63) is 0 Å². The average Bonchev–Trinajstić information content (AvgIpc) is 1.83. The maximum Gasteiger partial charge on any atom is 0.160 e. The molecule has 0 atom stereocenters. The highest BCUT2D eigenvalue weighted by Gasteiger charge is 1.90. The third kappa shape index (κ3) is 4.40. The highest BCUT2D eigenvalue weighted by atomic mass is 32.2. The molecule has 0 aliphatic heterocycles. The minimum Gasteiger partial charge on any atom is -0.490 e. The minimum absolute atomic E-state index is 0.708. The molecule has 0 aliphatic carbocycles. The summed E-state index contributed by atoms with van der Waals surface area (Å²) in [6.45, 7) is 0. The van der Waals surface area contributed by atoms with Gasteiger partial charge in [-0.1, -0.05) is 0 Å². The number of thioether (sulfide) groups is 1. The molecule has 0 aliphatic rings. The van der Waals surface area contributed by atoms with Gasteiger partial charge in [-0.05, 0) is 18.5 Å². The Labute approximate surface area is 59.8 Å². The highest BCUT2D eigenvalue weighted by Crippen LogP contribution is 1.97. The summed E-state index contributed by atoms with van der Waals surface area (Å²) in [4.78, 5) is 0. The molecule has 0 N–H and O–H groups in total. The van der Waals surface area contributed by atoms with Crippen molar-refractivity contribution < 1.29 is 4.74 Å². The molecule has 0 bridgehead atoms. The van der Waals surface area contributed by atoms with Crippen LogP contribution < -0.4 is 0 Å². The Morgan fingerprint density at radius 2 is 2.38 bits per heavy atom. The van der Waals surface area contributed by atoms with Crippen LogP contribution in [0, 0.1) is 0 Å². The van der Waals surface area contributed by atoms with Gasteiger partial charge in [0.1, 0.15) is 0 Å². The number of hydrogen-bond donors (Lipinski definition) is 0. The van der Waals surface area contributed by atoms with E-state index in [2.05, 4.69) is 6.26 Å². The molecule has 0 saturated heterocycles. The van der Waals surface area contributed by atoms with Crippen molar-refractivity contribution in [1.29, 1.82) is 0 Å². The second-order valence-electron chi connectivity index (χ2n) is 1.32. The zero-order chi connectivity index (χ0) is 6.41. The van der Waals surface area contributed by atoms with Crippen LogP contribution >= 0.6 is 24.0 Å². The first-order chi connectivity index (χ1) is 3.81. The molecule has 1 nitrogen and oxygen atoms in total. The second kappa shape index (κ2) is 5.38. The summed E-state index contributed by atoms with van der Waals surface area (Å²) in [7, 11) is 1.61. The molecule has 0 unspecified atom stereocenters. The third-order valence-corrected chi connectivity index (χ3v) is 1.72. The fourth-order valence-corrected chi connectivity index (χ4v) is 0.908. The van der Waals surface area contributed by atoms with Crippen molar-refractivity contribution in [2.75, 3.05) is 19.1 Å². The first-order valence-electron chi connectivity index (χ1n) is 2.37. The highest BCUT2D eigenvalue weighted by molar-refractivity contribution is 7.98. The molecule has 0 aromatic carbocycles. The Kier molecular flexibility index (Phi) is 5.54. The van der Waals surface area contributed by atoms with E-state index >= 15 is 0 Å². The van der Waals surface area contributed by atoms with Crippen molar-refractivity contribution in [1.82, 2.24) is 0 Å². The second-order valence-corrected chi connectivity index (χ2v) is 2.76. The monoisotopic (exact) mass is 150 g/mol.